The third-order valence-electron chi connectivity index (χ3n) is 1.25. The van der Waals surface area contributed by atoms with E-state index in [0.29, 0.717) is 0 Å². The second-order valence-corrected chi connectivity index (χ2v) is 2.48. The number of rotatable bonds is 5. The maximum Gasteiger partial charge on any atom is 0.313 e. The zero-order chi connectivity index (χ0) is 10.4. The first-order chi connectivity index (χ1) is 5.97. The highest BCUT2D eigenvalue weighted by molar-refractivity contribution is 6.42. The molecule has 5 heteroatoms. The van der Waals surface area contributed by atoms with Gasteiger partial charge in [0.05, 0.1) is 13.5 Å². The van der Waals surface area contributed by atoms with E-state index in [2.05, 4.69) is 4.74 Å². The summed E-state index contributed by atoms with van der Waals surface area (Å²) in [7, 11) is 1.12. The molecule has 0 aliphatic carbocycles. The molecule has 5 nitrogen and oxygen atoms in total. The van der Waals surface area contributed by atoms with Crippen LogP contribution in [0.5, 0.6) is 0 Å². The summed E-state index contributed by atoms with van der Waals surface area (Å²) < 4.78 is 4.18. The summed E-state index contributed by atoms with van der Waals surface area (Å²) in [5.74, 6) is -2.91. The van der Waals surface area contributed by atoms with Gasteiger partial charge in [-0.05, 0) is 6.92 Å². The quantitative estimate of drug-likeness (QED) is 0.333. The second kappa shape index (κ2) is 5.18. The number of esters is 1. The number of ketones is 3. The van der Waals surface area contributed by atoms with E-state index in [0.717, 1.165) is 7.11 Å². The second-order valence-electron chi connectivity index (χ2n) is 2.48. The van der Waals surface area contributed by atoms with Crippen LogP contribution in [0.3, 0.4) is 0 Å². The largest absolute Gasteiger partial charge is 0.469 e. The van der Waals surface area contributed by atoms with Crippen molar-refractivity contribution in [1.82, 2.24) is 0 Å². The summed E-state index contributed by atoms with van der Waals surface area (Å²) in [6.07, 6.45) is -1.04. The maximum atomic E-state index is 10.8. The van der Waals surface area contributed by atoms with Crippen molar-refractivity contribution in [3.05, 3.63) is 0 Å². The van der Waals surface area contributed by atoms with Crippen LogP contribution in [0.15, 0.2) is 0 Å². The highest BCUT2D eigenvalue weighted by Gasteiger charge is 2.18. The molecule has 0 rings (SSSR count). The van der Waals surface area contributed by atoms with Gasteiger partial charge in [-0.3, -0.25) is 19.2 Å². The molecular weight excluding hydrogens is 176 g/mol. The fraction of sp³-hybridized carbons (Fsp3) is 0.500. The lowest BCUT2D eigenvalue weighted by Crippen LogP contribution is -2.20. The van der Waals surface area contributed by atoms with Crippen LogP contribution in [-0.4, -0.2) is 30.4 Å². The minimum absolute atomic E-state index is 0.400. The van der Waals surface area contributed by atoms with Gasteiger partial charge in [0.15, 0.2) is 0 Å². The highest BCUT2D eigenvalue weighted by atomic mass is 16.5. The van der Waals surface area contributed by atoms with E-state index in [4.69, 9.17) is 0 Å². The molecule has 0 saturated carbocycles. The molecular formula is C8H10O5. The number of ether oxygens (including phenoxy) is 1. The van der Waals surface area contributed by atoms with E-state index in [1.54, 1.807) is 0 Å². The Kier molecular flexibility index (Phi) is 4.58. The van der Waals surface area contributed by atoms with E-state index in [1.807, 2.05) is 0 Å². The Morgan fingerprint density at radius 2 is 1.46 bits per heavy atom. The van der Waals surface area contributed by atoms with Gasteiger partial charge in [0, 0.05) is 0 Å². The Morgan fingerprint density at radius 3 is 1.85 bits per heavy atom. The molecule has 13 heavy (non-hydrogen) atoms. The van der Waals surface area contributed by atoms with Gasteiger partial charge >= 0.3 is 5.97 Å². The Morgan fingerprint density at radius 1 is 1.00 bits per heavy atom. The summed E-state index contributed by atoms with van der Waals surface area (Å²) >= 11 is 0. The normalized spacial score (nSPS) is 9.08. The Bertz CT molecular complexity index is 253. The van der Waals surface area contributed by atoms with Crippen molar-refractivity contribution in [2.24, 2.45) is 0 Å². The van der Waals surface area contributed by atoms with Gasteiger partial charge in [-0.2, -0.15) is 0 Å². The van der Waals surface area contributed by atoms with Crippen molar-refractivity contribution in [3.8, 4) is 0 Å². The van der Waals surface area contributed by atoms with E-state index in [-0.39, 0.29) is 0 Å². The van der Waals surface area contributed by atoms with Crippen molar-refractivity contribution < 1.29 is 23.9 Å². The van der Waals surface area contributed by atoms with Gasteiger partial charge in [0.2, 0.25) is 11.6 Å². The molecule has 0 fully saturated rings. The van der Waals surface area contributed by atoms with Gasteiger partial charge < -0.3 is 4.74 Å². The molecule has 0 aromatic heterocycles. The van der Waals surface area contributed by atoms with Crippen LogP contribution in [0, 0.1) is 0 Å². The van der Waals surface area contributed by atoms with Gasteiger partial charge in [-0.15, -0.1) is 0 Å². The molecule has 0 spiro atoms. The summed E-state index contributed by atoms with van der Waals surface area (Å²) in [6.45, 7) is 1.20. The lowest BCUT2D eigenvalue weighted by atomic mass is 10.1. The zero-order valence-corrected chi connectivity index (χ0v) is 7.46. The zero-order valence-electron chi connectivity index (χ0n) is 7.46. The smallest absolute Gasteiger partial charge is 0.313 e. The lowest BCUT2D eigenvalue weighted by molar-refractivity contribution is -0.147. The molecule has 0 heterocycles. The standard InChI is InChI=1S/C8H10O5/c1-5(9)3-6(10)7(11)4-8(12)13-2/h3-4H2,1-2H3. The van der Waals surface area contributed by atoms with Crippen LogP contribution in [-0.2, 0) is 23.9 Å². The summed E-state index contributed by atoms with van der Waals surface area (Å²) in [5, 5.41) is 0. The van der Waals surface area contributed by atoms with Crippen molar-refractivity contribution in [2.75, 3.05) is 7.11 Å². The fourth-order valence-electron chi connectivity index (χ4n) is 0.627. The number of hydrogen-bond donors (Lipinski definition) is 0. The Hall–Kier alpha value is -1.52. The Labute approximate surface area is 75.1 Å². The first-order valence-electron chi connectivity index (χ1n) is 3.59. The predicted octanol–water partition coefficient (Wildman–Crippen LogP) is -0.333. The van der Waals surface area contributed by atoms with E-state index in [9.17, 15) is 19.2 Å². The van der Waals surface area contributed by atoms with Crippen LogP contribution < -0.4 is 0 Å². The minimum Gasteiger partial charge on any atom is -0.469 e. The van der Waals surface area contributed by atoms with Crippen molar-refractivity contribution in [1.29, 1.82) is 0 Å². The molecule has 72 valence electrons. The lowest BCUT2D eigenvalue weighted by Gasteiger charge is -1.96. The Balaban J connectivity index is 4.04. The monoisotopic (exact) mass is 186 g/mol. The van der Waals surface area contributed by atoms with Crippen LogP contribution in [0.2, 0.25) is 0 Å². The summed E-state index contributed by atoms with van der Waals surface area (Å²) in [4.78, 5) is 42.6. The van der Waals surface area contributed by atoms with Gasteiger partial charge in [-0.25, -0.2) is 0 Å². The molecule has 0 unspecified atom stereocenters. The number of Topliss-reactive ketones (excluding diaryl/α,β-unsaturated/α-hetero) is 3. The molecule has 0 atom stereocenters. The van der Waals surface area contributed by atoms with E-state index in [1.165, 1.54) is 6.92 Å². The average molecular weight is 186 g/mol. The van der Waals surface area contributed by atoms with E-state index < -0.39 is 36.2 Å². The maximum absolute atomic E-state index is 10.8. The van der Waals surface area contributed by atoms with Crippen molar-refractivity contribution in [3.63, 3.8) is 0 Å². The fourth-order valence-corrected chi connectivity index (χ4v) is 0.627. The highest BCUT2D eigenvalue weighted by Crippen LogP contribution is 1.93. The van der Waals surface area contributed by atoms with Crippen LogP contribution in [0.4, 0.5) is 0 Å². The number of carbonyl (C=O) groups is 4. The molecule has 0 aliphatic rings. The van der Waals surface area contributed by atoms with Crippen LogP contribution in [0.25, 0.3) is 0 Å². The molecule has 0 aromatic carbocycles. The molecule has 0 bridgehead atoms. The summed E-state index contributed by atoms with van der Waals surface area (Å²) in [6, 6.07) is 0. The van der Waals surface area contributed by atoms with Crippen LogP contribution in [0.1, 0.15) is 19.8 Å². The first-order valence-corrected chi connectivity index (χ1v) is 3.59. The minimum atomic E-state index is -0.887. The predicted molar refractivity (Wildman–Crippen MR) is 41.9 cm³/mol. The van der Waals surface area contributed by atoms with Gasteiger partial charge in [0.25, 0.3) is 0 Å². The SMILES string of the molecule is COC(=O)CC(=O)C(=O)CC(C)=O. The molecule has 0 N–H and O–H groups in total. The topological polar surface area (TPSA) is 77.5 Å². The van der Waals surface area contributed by atoms with Gasteiger partial charge in [0.1, 0.15) is 12.2 Å². The molecule has 0 radical (unpaired) electrons. The van der Waals surface area contributed by atoms with E-state index >= 15 is 0 Å². The number of hydrogen-bond acceptors (Lipinski definition) is 5. The molecule has 0 aliphatic heterocycles. The molecule has 0 saturated heterocycles. The van der Waals surface area contributed by atoms with Crippen molar-refractivity contribution >= 4 is 23.3 Å². The third kappa shape index (κ3) is 4.84. The average Bonchev–Trinajstić information content (AvgIpc) is 2.02. The third-order valence-corrected chi connectivity index (χ3v) is 1.25. The van der Waals surface area contributed by atoms with Crippen LogP contribution >= 0.6 is 0 Å². The first kappa shape index (κ1) is 11.5. The number of carbonyl (C=O) groups excluding carboxylic acids is 4. The number of methoxy groups -OCH3 is 1. The van der Waals surface area contributed by atoms with Gasteiger partial charge in [-0.1, -0.05) is 0 Å². The molecule has 0 amide bonds. The summed E-state index contributed by atoms with van der Waals surface area (Å²) in [5.41, 5.74) is 0. The van der Waals surface area contributed by atoms with Crippen molar-refractivity contribution in [2.45, 2.75) is 19.8 Å². The molecule has 0 aromatic rings.